The van der Waals surface area contributed by atoms with Crippen LogP contribution < -0.4 is 0 Å². The van der Waals surface area contributed by atoms with Crippen molar-refractivity contribution in [2.24, 2.45) is 0 Å². The molecule has 0 amide bonds. The minimum Gasteiger partial charge on any atom is -0.298 e. The van der Waals surface area contributed by atoms with Crippen LogP contribution in [0.4, 0.5) is 0 Å². The minimum atomic E-state index is 0.705. The smallest absolute Gasteiger partial charge is 0.150 e. The van der Waals surface area contributed by atoms with Crippen LogP contribution in [0.5, 0.6) is 0 Å². The van der Waals surface area contributed by atoms with Gasteiger partial charge in [-0.1, -0.05) is 29.8 Å². The Morgan fingerprint density at radius 3 is 2.75 bits per heavy atom. The van der Waals surface area contributed by atoms with Crippen LogP contribution in [0.1, 0.15) is 10.4 Å². The highest BCUT2D eigenvalue weighted by molar-refractivity contribution is 7.26. The summed E-state index contributed by atoms with van der Waals surface area (Å²) in [6.07, 6.45) is 0.887. The van der Waals surface area contributed by atoms with Gasteiger partial charge in [-0.05, 0) is 18.2 Å². The van der Waals surface area contributed by atoms with Gasteiger partial charge in [0.25, 0.3) is 0 Å². The Balaban J connectivity index is 2.64. The van der Waals surface area contributed by atoms with E-state index in [2.05, 4.69) is 0 Å². The van der Waals surface area contributed by atoms with Crippen LogP contribution in [0.15, 0.2) is 36.4 Å². The third-order valence-electron chi connectivity index (χ3n) is 2.64. The van der Waals surface area contributed by atoms with Crippen molar-refractivity contribution in [3.8, 4) is 0 Å². The molecule has 16 heavy (non-hydrogen) atoms. The SMILES string of the molecule is O=Cc1ccc(Cl)c2sc3ccccc3c12. The normalized spacial score (nSPS) is 11.1. The van der Waals surface area contributed by atoms with E-state index in [0.29, 0.717) is 10.6 Å². The summed E-state index contributed by atoms with van der Waals surface area (Å²) in [6, 6.07) is 11.6. The molecule has 0 aliphatic heterocycles. The van der Waals surface area contributed by atoms with Crippen LogP contribution >= 0.6 is 22.9 Å². The average molecular weight is 247 g/mol. The van der Waals surface area contributed by atoms with Crippen molar-refractivity contribution < 1.29 is 4.79 Å². The Morgan fingerprint density at radius 2 is 1.94 bits per heavy atom. The fraction of sp³-hybridized carbons (Fsp3) is 0. The number of hydrogen-bond acceptors (Lipinski definition) is 2. The van der Waals surface area contributed by atoms with E-state index in [9.17, 15) is 4.79 Å². The monoisotopic (exact) mass is 246 g/mol. The zero-order valence-electron chi connectivity index (χ0n) is 8.24. The van der Waals surface area contributed by atoms with Crippen LogP contribution in [0.3, 0.4) is 0 Å². The first kappa shape index (κ1) is 9.82. The lowest BCUT2D eigenvalue weighted by molar-refractivity contribution is 0.112. The molecule has 0 aliphatic carbocycles. The number of rotatable bonds is 1. The summed E-state index contributed by atoms with van der Waals surface area (Å²) in [5.41, 5.74) is 0.705. The fourth-order valence-corrected chi connectivity index (χ4v) is 3.34. The highest BCUT2D eigenvalue weighted by Gasteiger charge is 2.11. The van der Waals surface area contributed by atoms with Crippen molar-refractivity contribution in [3.05, 3.63) is 47.0 Å². The van der Waals surface area contributed by atoms with Crippen molar-refractivity contribution in [2.45, 2.75) is 0 Å². The van der Waals surface area contributed by atoms with Gasteiger partial charge in [0.05, 0.1) is 9.72 Å². The van der Waals surface area contributed by atoms with Gasteiger partial charge in [0.2, 0.25) is 0 Å². The Morgan fingerprint density at radius 1 is 1.12 bits per heavy atom. The average Bonchev–Trinajstić information content (AvgIpc) is 2.70. The highest BCUT2D eigenvalue weighted by Crippen LogP contribution is 2.39. The maximum atomic E-state index is 11.0. The molecule has 0 bridgehead atoms. The van der Waals surface area contributed by atoms with E-state index >= 15 is 0 Å². The molecule has 1 nitrogen and oxygen atoms in total. The van der Waals surface area contributed by atoms with Gasteiger partial charge in [-0.2, -0.15) is 0 Å². The topological polar surface area (TPSA) is 17.1 Å². The zero-order valence-corrected chi connectivity index (χ0v) is 9.81. The van der Waals surface area contributed by atoms with Crippen molar-refractivity contribution >= 4 is 49.4 Å². The van der Waals surface area contributed by atoms with Crippen molar-refractivity contribution in [1.29, 1.82) is 0 Å². The molecule has 3 rings (SSSR count). The number of benzene rings is 2. The summed E-state index contributed by atoms with van der Waals surface area (Å²) in [5, 5.41) is 2.79. The summed E-state index contributed by atoms with van der Waals surface area (Å²) < 4.78 is 2.15. The maximum absolute atomic E-state index is 11.0. The summed E-state index contributed by atoms with van der Waals surface area (Å²) in [6.45, 7) is 0. The minimum absolute atomic E-state index is 0.705. The molecule has 0 aliphatic rings. The van der Waals surface area contributed by atoms with Gasteiger partial charge in [-0.3, -0.25) is 4.79 Å². The Kier molecular flexibility index (Phi) is 2.20. The summed E-state index contributed by atoms with van der Waals surface area (Å²) in [7, 11) is 0. The molecule has 0 radical (unpaired) electrons. The first-order valence-corrected chi connectivity index (χ1v) is 6.05. The summed E-state index contributed by atoms with van der Waals surface area (Å²) >= 11 is 7.78. The van der Waals surface area contributed by atoms with Crippen LogP contribution in [-0.2, 0) is 0 Å². The zero-order chi connectivity index (χ0) is 11.1. The third kappa shape index (κ3) is 1.27. The predicted molar refractivity (Wildman–Crippen MR) is 69.7 cm³/mol. The van der Waals surface area contributed by atoms with Crippen molar-refractivity contribution in [3.63, 3.8) is 0 Å². The van der Waals surface area contributed by atoms with Gasteiger partial charge in [0.1, 0.15) is 0 Å². The van der Waals surface area contributed by atoms with Gasteiger partial charge in [-0.15, -0.1) is 11.3 Å². The number of carbonyl (C=O) groups is 1. The molecular formula is C13H7ClOS. The molecule has 1 aromatic heterocycles. The predicted octanol–water partition coefficient (Wildman–Crippen LogP) is 4.52. The molecule has 3 aromatic rings. The second kappa shape index (κ2) is 3.58. The highest BCUT2D eigenvalue weighted by atomic mass is 35.5. The van der Waals surface area contributed by atoms with Gasteiger partial charge in [0.15, 0.2) is 6.29 Å². The standard InChI is InChI=1S/C13H7ClOS/c14-10-6-5-8(7-15)12-9-3-1-2-4-11(9)16-13(10)12/h1-7H. The molecule has 0 unspecified atom stereocenters. The Hall–Kier alpha value is -1.38. The van der Waals surface area contributed by atoms with E-state index in [1.807, 2.05) is 24.3 Å². The molecule has 78 valence electrons. The van der Waals surface area contributed by atoms with E-state index in [0.717, 1.165) is 26.5 Å². The van der Waals surface area contributed by atoms with Crippen molar-refractivity contribution in [2.75, 3.05) is 0 Å². The second-order valence-corrected chi connectivity index (χ2v) is 5.02. The molecule has 0 fully saturated rings. The Labute approximate surface area is 101 Å². The molecule has 0 N–H and O–H groups in total. The van der Waals surface area contributed by atoms with Gasteiger partial charge in [-0.25, -0.2) is 0 Å². The lowest BCUT2D eigenvalue weighted by atomic mass is 10.1. The summed E-state index contributed by atoms with van der Waals surface area (Å²) in [4.78, 5) is 11.0. The van der Waals surface area contributed by atoms with Crippen molar-refractivity contribution in [1.82, 2.24) is 0 Å². The first-order valence-electron chi connectivity index (χ1n) is 4.86. The van der Waals surface area contributed by atoms with Crippen LogP contribution in [0, 0.1) is 0 Å². The van der Waals surface area contributed by atoms with E-state index in [1.54, 1.807) is 23.5 Å². The van der Waals surface area contributed by atoms with E-state index in [-0.39, 0.29) is 0 Å². The number of hydrogen-bond donors (Lipinski definition) is 0. The first-order chi connectivity index (χ1) is 7.81. The summed E-state index contributed by atoms with van der Waals surface area (Å²) in [5.74, 6) is 0. The third-order valence-corrected chi connectivity index (χ3v) is 4.27. The fourth-order valence-electron chi connectivity index (χ4n) is 1.92. The van der Waals surface area contributed by atoms with E-state index in [1.165, 1.54) is 0 Å². The molecule has 0 atom stereocenters. The van der Waals surface area contributed by atoms with Gasteiger partial charge in [0, 0.05) is 21.0 Å². The maximum Gasteiger partial charge on any atom is 0.150 e. The molecule has 3 heteroatoms. The number of carbonyl (C=O) groups excluding carboxylic acids is 1. The lowest BCUT2D eigenvalue weighted by Gasteiger charge is -1.97. The molecule has 0 saturated carbocycles. The number of halogens is 1. The van der Waals surface area contributed by atoms with Crippen LogP contribution in [-0.4, -0.2) is 6.29 Å². The molecule has 0 saturated heterocycles. The van der Waals surface area contributed by atoms with E-state index in [4.69, 9.17) is 11.6 Å². The molecule has 2 aromatic carbocycles. The van der Waals surface area contributed by atoms with Crippen LogP contribution in [0.2, 0.25) is 5.02 Å². The molecule has 1 heterocycles. The molecular weight excluding hydrogens is 240 g/mol. The largest absolute Gasteiger partial charge is 0.298 e. The van der Waals surface area contributed by atoms with E-state index < -0.39 is 0 Å². The Bertz CT molecular complexity index is 700. The van der Waals surface area contributed by atoms with Gasteiger partial charge >= 0.3 is 0 Å². The van der Waals surface area contributed by atoms with Gasteiger partial charge < -0.3 is 0 Å². The quantitative estimate of drug-likeness (QED) is 0.577. The number of fused-ring (bicyclic) bond motifs is 3. The number of thiophene rings is 1. The van der Waals surface area contributed by atoms with Crippen LogP contribution in [0.25, 0.3) is 20.2 Å². The lowest BCUT2D eigenvalue weighted by Crippen LogP contribution is -1.80. The second-order valence-electron chi connectivity index (χ2n) is 3.56. The molecule has 0 spiro atoms. The number of aldehydes is 1.